The molecule has 0 aromatic heterocycles. The van der Waals surface area contributed by atoms with Gasteiger partial charge in [-0.15, -0.1) is 0 Å². The Kier molecular flexibility index (Phi) is 4.26. The number of para-hydroxylation sites is 1. The Morgan fingerprint density at radius 2 is 2.05 bits per heavy atom. The lowest BCUT2D eigenvalue weighted by molar-refractivity contribution is 0.0582. The summed E-state index contributed by atoms with van der Waals surface area (Å²) in [5, 5.41) is 0. The van der Waals surface area contributed by atoms with Crippen molar-refractivity contribution in [3.05, 3.63) is 42.2 Å². The van der Waals surface area contributed by atoms with Crippen LogP contribution in [-0.2, 0) is 9.47 Å². The molecule has 1 aromatic carbocycles. The second kappa shape index (κ2) is 5.80. The molecule has 1 atom stereocenters. The minimum atomic E-state index is -0.500. The first-order chi connectivity index (χ1) is 9.81. The molecule has 2 rings (SSSR count). The molecule has 0 saturated carbocycles. The number of anilines is 1. The summed E-state index contributed by atoms with van der Waals surface area (Å²) in [4.78, 5) is 14.1. The zero-order valence-corrected chi connectivity index (χ0v) is 13.2. The zero-order valence-electron chi connectivity index (χ0n) is 13.2. The Morgan fingerprint density at radius 1 is 1.38 bits per heavy atom. The van der Waals surface area contributed by atoms with Crippen molar-refractivity contribution in [2.24, 2.45) is 0 Å². The second-order valence-electron chi connectivity index (χ2n) is 6.29. The molecule has 1 aliphatic rings. The number of nitrogens with zero attached hydrogens (tertiary/aromatic N) is 1. The highest BCUT2D eigenvalue weighted by molar-refractivity contribution is 5.91. The fourth-order valence-electron chi connectivity index (χ4n) is 2.52. The van der Waals surface area contributed by atoms with Crippen LogP contribution in [0.5, 0.6) is 0 Å². The van der Waals surface area contributed by atoms with Crippen molar-refractivity contribution >= 4 is 11.8 Å². The van der Waals surface area contributed by atoms with Crippen molar-refractivity contribution in [3.8, 4) is 0 Å². The normalized spacial score (nSPS) is 17.3. The molecule has 0 radical (unpaired) electrons. The quantitative estimate of drug-likeness (QED) is 0.787. The first-order valence-corrected chi connectivity index (χ1v) is 7.13. The Labute approximate surface area is 126 Å². The van der Waals surface area contributed by atoms with Crippen LogP contribution in [0.4, 0.5) is 10.5 Å². The molecule has 1 unspecified atom stereocenters. The highest BCUT2D eigenvalue weighted by Crippen LogP contribution is 2.39. The van der Waals surface area contributed by atoms with Crippen LogP contribution >= 0.6 is 0 Å². The van der Waals surface area contributed by atoms with E-state index in [1.807, 2.05) is 45.0 Å². The number of amides is 1. The third-order valence-corrected chi connectivity index (χ3v) is 3.45. The van der Waals surface area contributed by atoms with Crippen LogP contribution in [0, 0.1) is 0 Å². The molecule has 0 bridgehead atoms. The van der Waals surface area contributed by atoms with Gasteiger partial charge in [-0.05, 0) is 32.4 Å². The van der Waals surface area contributed by atoms with Gasteiger partial charge in [0, 0.05) is 18.9 Å². The molecule has 0 N–H and O–H groups in total. The van der Waals surface area contributed by atoms with E-state index in [0.29, 0.717) is 13.0 Å². The van der Waals surface area contributed by atoms with E-state index < -0.39 is 5.60 Å². The first kappa shape index (κ1) is 15.4. The Hall–Kier alpha value is -1.97. The van der Waals surface area contributed by atoms with Crippen LogP contribution in [0.1, 0.15) is 38.7 Å². The smallest absolute Gasteiger partial charge is 0.414 e. The molecule has 1 heterocycles. The molecule has 21 heavy (non-hydrogen) atoms. The van der Waals surface area contributed by atoms with Crippen molar-refractivity contribution < 1.29 is 14.3 Å². The molecule has 1 aliphatic heterocycles. The van der Waals surface area contributed by atoms with Crippen molar-refractivity contribution in [2.45, 2.75) is 38.7 Å². The first-order valence-electron chi connectivity index (χ1n) is 7.13. The Morgan fingerprint density at radius 3 is 2.67 bits per heavy atom. The van der Waals surface area contributed by atoms with Gasteiger partial charge in [-0.2, -0.15) is 0 Å². The minimum absolute atomic E-state index is 0.196. The number of hydrogen-bond acceptors (Lipinski definition) is 3. The summed E-state index contributed by atoms with van der Waals surface area (Å²) in [6.07, 6.45) is 0.396. The van der Waals surface area contributed by atoms with Crippen LogP contribution in [-0.4, -0.2) is 25.3 Å². The van der Waals surface area contributed by atoms with Gasteiger partial charge in [-0.3, -0.25) is 4.90 Å². The number of methoxy groups -OCH3 is 1. The van der Waals surface area contributed by atoms with Gasteiger partial charge in [0.1, 0.15) is 5.60 Å². The summed E-state index contributed by atoms with van der Waals surface area (Å²) < 4.78 is 10.7. The third-order valence-electron chi connectivity index (χ3n) is 3.45. The maximum Gasteiger partial charge on any atom is 0.414 e. The maximum atomic E-state index is 12.4. The van der Waals surface area contributed by atoms with E-state index in [-0.39, 0.29) is 12.0 Å². The summed E-state index contributed by atoms with van der Waals surface area (Å²) in [5.41, 5.74) is 1.56. The van der Waals surface area contributed by atoms with E-state index in [1.54, 1.807) is 12.0 Å². The SMILES string of the molecule is C=C(CC1CN(C(=O)OC(C)(C)C)c2ccccc21)OC. The third kappa shape index (κ3) is 3.57. The second-order valence-corrected chi connectivity index (χ2v) is 6.29. The number of fused-ring (bicyclic) bond motifs is 1. The maximum absolute atomic E-state index is 12.4. The van der Waals surface area contributed by atoms with E-state index in [4.69, 9.17) is 9.47 Å². The van der Waals surface area contributed by atoms with Gasteiger partial charge in [0.2, 0.25) is 0 Å². The van der Waals surface area contributed by atoms with Crippen LogP contribution in [0.3, 0.4) is 0 Å². The fraction of sp³-hybridized carbons (Fsp3) is 0.471. The van der Waals surface area contributed by atoms with Gasteiger partial charge in [-0.1, -0.05) is 24.8 Å². The highest BCUT2D eigenvalue weighted by atomic mass is 16.6. The number of allylic oxidation sites excluding steroid dienone is 1. The Balaban J connectivity index is 2.22. The molecular weight excluding hydrogens is 266 g/mol. The summed E-state index contributed by atoms with van der Waals surface area (Å²) in [7, 11) is 1.62. The van der Waals surface area contributed by atoms with Gasteiger partial charge >= 0.3 is 6.09 Å². The molecule has 4 heteroatoms. The van der Waals surface area contributed by atoms with Crippen molar-refractivity contribution in [1.82, 2.24) is 0 Å². The van der Waals surface area contributed by atoms with E-state index in [0.717, 1.165) is 17.0 Å². The predicted octanol–water partition coefficient (Wildman–Crippen LogP) is 4.08. The van der Waals surface area contributed by atoms with Crippen LogP contribution in [0.15, 0.2) is 36.6 Å². The number of rotatable bonds is 3. The molecule has 1 aromatic rings. The van der Waals surface area contributed by atoms with Crippen molar-refractivity contribution in [2.75, 3.05) is 18.6 Å². The van der Waals surface area contributed by atoms with E-state index in [1.165, 1.54) is 0 Å². The molecule has 0 aliphatic carbocycles. The predicted molar refractivity (Wildman–Crippen MR) is 83.5 cm³/mol. The largest absolute Gasteiger partial charge is 0.502 e. The number of carbonyl (C=O) groups is 1. The van der Waals surface area contributed by atoms with Crippen molar-refractivity contribution in [1.29, 1.82) is 0 Å². The van der Waals surface area contributed by atoms with Gasteiger partial charge in [-0.25, -0.2) is 4.79 Å². The molecular formula is C17H23NO3. The monoisotopic (exact) mass is 289 g/mol. The fourth-order valence-corrected chi connectivity index (χ4v) is 2.52. The highest BCUT2D eigenvalue weighted by Gasteiger charge is 2.34. The molecule has 1 amide bonds. The lowest BCUT2D eigenvalue weighted by Gasteiger charge is -2.25. The van der Waals surface area contributed by atoms with Gasteiger partial charge in [0.25, 0.3) is 0 Å². The summed E-state index contributed by atoms with van der Waals surface area (Å²) in [6, 6.07) is 7.92. The lowest BCUT2D eigenvalue weighted by Crippen LogP contribution is -2.36. The number of benzene rings is 1. The van der Waals surface area contributed by atoms with E-state index >= 15 is 0 Å². The number of ether oxygens (including phenoxy) is 2. The number of hydrogen-bond donors (Lipinski definition) is 0. The molecule has 0 fully saturated rings. The summed E-state index contributed by atoms with van der Waals surface area (Å²) >= 11 is 0. The van der Waals surface area contributed by atoms with Gasteiger partial charge in [0.05, 0.1) is 18.6 Å². The van der Waals surface area contributed by atoms with E-state index in [9.17, 15) is 4.79 Å². The van der Waals surface area contributed by atoms with E-state index in [2.05, 4.69) is 6.58 Å². The number of carbonyl (C=O) groups excluding carboxylic acids is 1. The standard InChI is InChI=1S/C17H23NO3/c1-12(20-5)10-13-11-18(16(19)21-17(2,3)4)15-9-7-6-8-14(13)15/h6-9,13H,1,10-11H2,2-5H3. The minimum Gasteiger partial charge on any atom is -0.502 e. The summed E-state index contributed by atoms with van der Waals surface area (Å²) in [5.74, 6) is 0.919. The van der Waals surface area contributed by atoms with Gasteiger partial charge < -0.3 is 9.47 Å². The van der Waals surface area contributed by atoms with Crippen LogP contribution in [0.2, 0.25) is 0 Å². The summed E-state index contributed by atoms with van der Waals surface area (Å²) in [6.45, 7) is 10.1. The molecule has 114 valence electrons. The van der Waals surface area contributed by atoms with Crippen molar-refractivity contribution in [3.63, 3.8) is 0 Å². The average Bonchev–Trinajstić information content (AvgIpc) is 2.76. The zero-order chi connectivity index (χ0) is 15.6. The Bertz CT molecular complexity index is 545. The molecule has 4 nitrogen and oxygen atoms in total. The van der Waals surface area contributed by atoms with Crippen LogP contribution < -0.4 is 4.90 Å². The average molecular weight is 289 g/mol. The topological polar surface area (TPSA) is 38.8 Å². The van der Waals surface area contributed by atoms with Crippen LogP contribution in [0.25, 0.3) is 0 Å². The molecule has 0 spiro atoms. The lowest BCUT2D eigenvalue weighted by atomic mass is 9.97. The van der Waals surface area contributed by atoms with Gasteiger partial charge in [0.15, 0.2) is 0 Å². The molecule has 0 saturated heterocycles.